The molecule has 0 fully saturated rings. The Morgan fingerprint density at radius 2 is 1.56 bits per heavy atom. The van der Waals surface area contributed by atoms with Crippen molar-refractivity contribution in [3.05, 3.63) is 0 Å². The van der Waals surface area contributed by atoms with E-state index in [9.17, 15) is 13.2 Å². The number of unbranched alkanes of at least 4 members (excludes halogenated alkanes) is 1. The van der Waals surface area contributed by atoms with Crippen LogP contribution in [0.3, 0.4) is 0 Å². The highest BCUT2D eigenvalue weighted by atomic mass is 32.2. The molecule has 0 aromatic heterocycles. The zero-order valence-corrected chi connectivity index (χ0v) is 13.4. The second-order valence-electron chi connectivity index (χ2n) is 2.70. The van der Waals surface area contributed by atoms with Crippen molar-refractivity contribution in [2.45, 2.75) is 47.5 Å². The molecule has 0 aromatic carbocycles. The number of carbonyl (C=O) groups is 1. The van der Waals surface area contributed by atoms with Crippen LogP contribution in [0.25, 0.3) is 0 Å². The van der Waals surface area contributed by atoms with Crippen LogP contribution in [0.1, 0.15) is 47.5 Å². The summed E-state index contributed by atoms with van der Waals surface area (Å²) in [5.74, 6) is -0.694. The Hall–Kier alpha value is -0.660. The quantitative estimate of drug-likeness (QED) is 0.693. The lowest BCUT2D eigenvalue weighted by Crippen LogP contribution is -2.32. The molecule has 0 aliphatic carbocycles. The lowest BCUT2D eigenvalue weighted by molar-refractivity contribution is -0.116. The molecule has 0 bridgehead atoms. The van der Waals surface area contributed by atoms with E-state index >= 15 is 0 Å². The van der Waals surface area contributed by atoms with E-state index in [-0.39, 0.29) is 6.54 Å². The number of amides is 1. The van der Waals surface area contributed by atoms with Crippen LogP contribution in [0.15, 0.2) is 0 Å². The van der Waals surface area contributed by atoms with Crippen molar-refractivity contribution in [3.63, 3.8) is 0 Å². The molecule has 0 radical (unpaired) electrons. The molecule has 7 heteroatoms. The summed E-state index contributed by atoms with van der Waals surface area (Å²) in [5, 5.41) is 0. The molecule has 0 aliphatic rings. The van der Waals surface area contributed by atoms with Gasteiger partial charge in [-0.15, -0.1) is 0 Å². The Labute approximate surface area is 113 Å². The molecule has 0 saturated heterocycles. The van der Waals surface area contributed by atoms with Gasteiger partial charge in [0.2, 0.25) is 15.9 Å². The Morgan fingerprint density at radius 3 is 1.61 bits per heavy atom. The first-order chi connectivity index (χ1) is 8.33. The third kappa shape index (κ3) is 58.6. The fourth-order valence-corrected chi connectivity index (χ4v) is 0.811. The molecule has 0 unspecified atom stereocenters. The number of rotatable bonds is 5. The molecule has 5 N–H and O–H groups in total. The predicted octanol–water partition coefficient (Wildman–Crippen LogP) is 0.819. The third-order valence-electron chi connectivity index (χ3n) is 1.07. The molecule has 6 nitrogen and oxygen atoms in total. The lowest BCUT2D eigenvalue weighted by Gasteiger charge is -1.94. The highest BCUT2D eigenvalue weighted by Gasteiger charge is 2.00. The summed E-state index contributed by atoms with van der Waals surface area (Å²) in [5.41, 5.74) is 9.77. The standard InChI is InChI=1S/C4H11N.C3H8N2O3S.2C2H6/c1-2-3-4-5;1-9(7,8)5-2-3(4)6;2*1-2/h2-5H2,1H3;5H,2H2,1H3,(H2,4,6);2*1-2H3. The molecule has 0 saturated carbocycles. The molecule has 0 aromatic rings. The van der Waals surface area contributed by atoms with Gasteiger partial charge in [0, 0.05) is 0 Å². The van der Waals surface area contributed by atoms with Gasteiger partial charge < -0.3 is 11.5 Å². The second-order valence-corrected chi connectivity index (χ2v) is 4.53. The van der Waals surface area contributed by atoms with Crippen LogP contribution in [0, 0.1) is 0 Å². The maximum absolute atomic E-state index is 10.2. The second kappa shape index (κ2) is 21.6. The van der Waals surface area contributed by atoms with Gasteiger partial charge in [0.25, 0.3) is 0 Å². The maximum Gasteiger partial charge on any atom is 0.232 e. The van der Waals surface area contributed by atoms with E-state index in [0.29, 0.717) is 0 Å². The fourth-order valence-electron chi connectivity index (χ4n) is 0.406. The molecule has 114 valence electrons. The molecule has 1 amide bonds. The minimum Gasteiger partial charge on any atom is -0.369 e. The molecular weight excluding hydrogens is 254 g/mol. The van der Waals surface area contributed by atoms with Gasteiger partial charge in [-0.05, 0) is 13.0 Å². The number of nitrogens with two attached hydrogens (primary N) is 2. The summed E-state index contributed by atoms with van der Waals surface area (Å²) < 4.78 is 22.4. The van der Waals surface area contributed by atoms with E-state index in [1.165, 1.54) is 12.8 Å². The van der Waals surface area contributed by atoms with Crippen molar-refractivity contribution in [3.8, 4) is 0 Å². The van der Waals surface area contributed by atoms with Crippen molar-refractivity contribution < 1.29 is 13.2 Å². The number of carbonyl (C=O) groups excluding carboxylic acids is 1. The zero-order chi connectivity index (χ0) is 15.6. The average Bonchev–Trinajstić information content (AvgIpc) is 2.33. The highest BCUT2D eigenvalue weighted by Crippen LogP contribution is 1.77. The van der Waals surface area contributed by atoms with Gasteiger partial charge in [-0.25, -0.2) is 13.1 Å². The van der Waals surface area contributed by atoms with Crippen LogP contribution >= 0.6 is 0 Å². The minimum absolute atomic E-state index is 0.334. The summed E-state index contributed by atoms with van der Waals surface area (Å²) >= 11 is 0. The zero-order valence-electron chi connectivity index (χ0n) is 12.6. The first-order valence-electron chi connectivity index (χ1n) is 6.26. The number of hydrogen-bond acceptors (Lipinski definition) is 4. The molecule has 0 rings (SSSR count). The largest absolute Gasteiger partial charge is 0.369 e. The summed E-state index contributed by atoms with van der Waals surface area (Å²) in [7, 11) is -3.27. The monoisotopic (exact) mass is 285 g/mol. The smallest absolute Gasteiger partial charge is 0.232 e. The fraction of sp³-hybridized carbons (Fsp3) is 0.909. The van der Waals surface area contributed by atoms with Crippen molar-refractivity contribution in [2.24, 2.45) is 11.5 Å². The van der Waals surface area contributed by atoms with Gasteiger partial charge in [-0.2, -0.15) is 0 Å². The molecular formula is C11H31N3O3S. The van der Waals surface area contributed by atoms with Gasteiger partial charge in [-0.1, -0.05) is 41.0 Å². The molecule has 0 atom stereocenters. The lowest BCUT2D eigenvalue weighted by atomic mass is 10.3. The van der Waals surface area contributed by atoms with Crippen molar-refractivity contribution in [1.29, 1.82) is 0 Å². The van der Waals surface area contributed by atoms with Gasteiger partial charge >= 0.3 is 0 Å². The normalized spacial score (nSPS) is 8.61. The average molecular weight is 285 g/mol. The van der Waals surface area contributed by atoms with E-state index in [0.717, 1.165) is 12.8 Å². The number of nitrogens with one attached hydrogen (secondary N) is 1. The Morgan fingerprint density at radius 1 is 1.17 bits per heavy atom. The van der Waals surface area contributed by atoms with Crippen LogP contribution in [0.2, 0.25) is 0 Å². The van der Waals surface area contributed by atoms with E-state index in [2.05, 4.69) is 12.7 Å². The van der Waals surface area contributed by atoms with Crippen LogP contribution in [0.4, 0.5) is 0 Å². The predicted molar refractivity (Wildman–Crippen MR) is 78.7 cm³/mol. The maximum atomic E-state index is 10.2. The Bertz CT molecular complexity index is 240. The Kier molecular flexibility index (Phi) is 31.2. The topological polar surface area (TPSA) is 115 Å². The van der Waals surface area contributed by atoms with Crippen LogP contribution in [0.5, 0.6) is 0 Å². The molecule has 18 heavy (non-hydrogen) atoms. The number of hydrogen-bond donors (Lipinski definition) is 3. The van der Waals surface area contributed by atoms with Gasteiger partial charge in [0.1, 0.15) is 0 Å². The highest BCUT2D eigenvalue weighted by molar-refractivity contribution is 7.88. The van der Waals surface area contributed by atoms with Crippen molar-refractivity contribution in [2.75, 3.05) is 19.3 Å². The summed E-state index contributed by atoms with van der Waals surface area (Å²) in [6.45, 7) is 10.6. The van der Waals surface area contributed by atoms with Gasteiger partial charge in [0.15, 0.2) is 0 Å². The van der Waals surface area contributed by atoms with E-state index in [1.54, 1.807) is 0 Å². The number of primary amides is 1. The first kappa shape index (κ1) is 26.0. The molecule has 0 heterocycles. The van der Waals surface area contributed by atoms with Gasteiger partial charge in [0.05, 0.1) is 12.8 Å². The summed E-state index contributed by atoms with van der Waals surface area (Å²) in [4.78, 5) is 9.94. The van der Waals surface area contributed by atoms with Crippen LogP contribution < -0.4 is 16.2 Å². The summed E-state index contributed by atoms with van der Waals surface area (Å²) in [6.07, 6.45) is 3.34. The van der Waals surface area contributed by atoms with Crippen LogP contribution in [-0.2, 0) is 14.8 Å². The van der Waals surface area contributed by atoms with Crippen LogP contribution in [-0.4, -0.2) is 33.7 Å². The first-order valence-corrected chi connectivity index (χ1v) is 8.15. The van der Waals surface area contributed by atoms with E-state index in [4.69, 9.17) is 5.73 Å². The summed E-state index contributed by atoms with van der Waals surface area (Å²) in [6, 6.07) is 0. The SMILES string of the molecule is CC.CC.CCCCN.CS(=O)(=O)NCC(N)=O. The third-order valence-corrected chi connectivity index (χ3v) is 1.73. The van der Waals surface area contributed by atoms with Crippen molar-refractivity contribution >= 4 is 15.9 Å². The molecule has 0 spiro atoms. The van der Waals surface area contributed by atoms with Gasteiger partial charge in [-0.3, -0.25) is 4.79 Å². The number of sulfonamides is 1. The van der Waals surface area contributed by atoms with E-state index < -0.39 is 15.9 Å². The van der Waals surface area contributed by atoms with E-state index in [1.807, 2.05) is 32.4 Å². The minimum atomic E-state index is -3.27. The Balaban J connectivity index is -0.0000000925. The van der Waals surface area contributed by atoms with Crippen molar-refractivity contribution in [1.82, 2.24) is 4.72 Å². The molecule has 0 aliphatic heterocycles.